The normalized spacial score (nSPS) is 10.4. The van der Waals surface area contributed by atoms with E-state index in [1.807, 2.05) is 0 Å². The summed E-state index contributed by atoms with van der Waals surface area (Å²) in [5.74, 6) is -1.95. The molecule has 0 spiro atoms. The number of phenolic OH excluding ortho intramolecular Hbond substituents is 1. The fourth-order valence-corrected chi connectivity index (χ4v) is 1.70. The zero-order valence-electron chi connectivity index (χ0n) is 10.1. The van der Waals surface area contributed by atoms with Gasteiger partial charge in [0.2, 0.25) is 0 Å². The number of carboxylic acid groups (broad SMARTS) is 1. The maximum absolute atomic E-state index is 11.6. The molecule has 2 rings (SSSR count). The number of aromatic nitrogens is 1. The first kappa shape index (κ1) is 12.8. The number of carboxylic acids is 1. The molecule has 1 heterocycles. The Morgan fingerprint density at radius 2 is 2.05 bits per heavy atom. The third kappa shape index (κ3) is 2.47. The molecule has 0 saturated carbocycles. The summed E-state index contributed by atoms with van der Waals surface area (Å²) in [6.07, 6.45) is 0. The molecule has 0 fully saturated rings. The molecule has 19 heavy (non-hydrogen) atoms. The van der Waals surface area contributed by atoms with Crippen molar-refractivity contribution in [1.29, 1.82) is 0 Å². The van der Waals surface area contributed by atoms with Crippen LogP contribution in [0.2, 0.25) is 0 Å². The number of carbonyl (C=O) groups excluding carboxylic acids is 1. The predicted octanol–water partition coefficient (Wildman–Crippen LogP) is 1.82. The average Bonchev–Trinajstić information content (AvgIpc) is 2.37. The lowest BCUT2D eigenvalue weighted by molar-refractivity contribution is 0.0520. The van der Waals surface area contributed by atoms with Gasteiger partial charge in [0.05, 0.1) is 17.7 Å². The molecule has 2 aromatic rings. The number of rotatable bonds is 3. The minimum absolute atomic E-state index is 0.0688. The number of esters is 1. The number of ether oxygens (including phenoxy) is 1. The molecule has 6 nitrogen and oxygen atoms in total. The molecule has 6 heteroatoms. The van der Waals surface area contributed by atoms with Crippen LogP contribution in [-0.4, -0.2) is 33.7 Å². The van der Waals surface area contributed by atoms with Crippen LogP contribution in [0.4, 0.5) is 0 Å². The van der Waals surface area contributed by atoms with Gasteiger partial charge in [0.1, 0.15) is 11.4 Å². The summed E-state index contributed by atoms with van der Waals surface area (Å²) in [5, 5.41) is 18.8. The van der Waals surface area contributed by atoms with Crippen LogP contribution in [0.3, 0.4) is 0 Å². The van der Waals surface area contributed by atoms with E-state index in [1.165, 1.54) is 18.2 Å². The number of hydrogen-bond donors (Lipinski definition) is 2. The van der Waals surface area contributed by atoms with Crippen molar-refractivity contribution in [3.63, 3.8) is 0 Å². The van der Waals surface area contributed by atoms with Crippen LogP contribution < -0.4 is 0 Å². The highest BCUT2D eigenvalue weighted by Crippen LogP contribution is 2.23. The van der Waals surface area contributed by atoms with Crippen molar-refractivity contribution in [1.82, 2.24) is 4.98 Å². The van der Waals surface area contributed by atoms with Gasteiger partial charge in [0.25, 0.3) is 0 Å². The monoisotopic (exact) mass is 261 g/mol. The van der Waals surface area contributed by atoms with Crippen molar-refractivity contribution in [2.24, 2.45) is 0 Å². The third-order valence-corrected chi connectivity index (χ3v) is 2.51. The maximum atomic E-state index is 11.6. The molecule has 0 aliphatic rings. The molecule has 0 aliphatic carbocycles. The van der Waals surface area contributed by atoms with Gasteiger partial charge in [0.15, 0.2) is 0 Å². The van der Waals surface area contributed by atoms with Crippen LogP contribution in [0.15, 0.2) is 24.3 Å². The van der Waals surface area contributed by atoms with E-state index in [0.29, 0.717) is 5.52 Å². The van der Waals surface area contributed by atoms with Gasteiger partial charge in [-0.15, -0.1) is 0 Å². The van der Waals surface area contributed by atoms with E-state index in [1.54, 1.807) is 6.92 Å². The number of aromatic carboxylic acids is 1. The second-order valence-corrected chi connectivity index (χ2v) is 3.78. The van der Waals surface area contributed by atoms with E-state index in [4.69, 9.17) is 9.84 Å². The summed E-state index contributed by atoms with van der Waals surface area (Å²) in [7, 11) is 0. The summed E-state index contributed by atoms with van der Waals surface area (Å²) < 4.78 is 4.79. The fourth-order valence-electron chi connectivity index (χ4n) is 1.70. The van der Waals surface area contributed by atoms with E-state index in [9.17, 15) is 14.7 Å². The Morgan fingerprint density at radius 1 is 1.32 bits per heavy atom. The molecule has 0 atom stereocenters. The number of phenols is 1. The molecule has 1 aromatic heterocycles. The zero-order chi connectivity index (χ0) is 14.0. The van der Waals surface area contributed by atoms with Gasteiger partial charge in [-0.05, 0) is 31.2 Å². The zero-order valence-corrected chi connectivity index (χ0v) is 10.1. The maximum Gasteiger partial charge on any atom is 0.356 e. The Kier molecular flexibility index (Phi) is 3.33. The summed E-state index contributed by atoms with van der Waals surface area (Å²) in [6.45, 7) is 1.83. The summed E-state index contributed by atoms with van der Waals surface area (Å²) in [4.78, 5) is 26.8. The Balaban J connectivity index is 2.68. The van der Waals surface area contributed by atoms with Gasteiger partial charge in [-0.3, -0.25) is 0 Å². The molecule has 0 bridgehead atoms. The van der Waals surface area contributed by atoms with Crippen LogP contribution in [-0.2, 0) is 4.74 Å². The Bertz CT molecular complexity index is 665. The fraction of sp³-hybridized carbons (Fsp3) is 0.154. The van der Waals surface area contributed by atoms with E-state index in [-0.39, 0.29) is 29.0 Å². The number of carbonyl (C=O) groups is 2. The smallest absolute Gasteiger partial charge is 0.356 e. The summed E-state index contributed by atoms with van der Waals surface area (Å²) in [6, 6.07) is 5.25. The topological polar surface area (TPSA) is 96.7 Å². The predicted molar refractivity (Wildman–Crippen MR) is 66.3 cm³/mol. The third-order valence-electron chi connectivity index (χ3n) is 2.51. The number of aromatic hydroxyl groups is 1. The molecule has 0 radical (unpaired) electrons. The standard InChI is InChI=1S/C13H11NO5/c1-2-19-13(18)11-6-9(12(16)17)8-5-7(15)3-4-10(8)14-11/h3-6,15H,2H2,1H3,(H,16,17). The number of pyridine rings is 1. The first-order valence-electron chi connectivity index (χ1n) is 5.57. The molecular formula is C13H11NO5. The van der Waals surface area contributed by atoms with Crippen LogP contribution in [0.25, 0.3) is 10.9 Å². The highest BCUT2D eigenvalue weighted by atomic mass is 16.5. The van der Waals surface area contributed by atoms with Gasteiger partial charge in [-0.1, -0.05) is 0 Å². The molecule has 0 amide bonds. The van der Waals surface area contributed by atoms with Gasteiger partial charge in [0, 0.05) is 5.39 Å². The van der Waals surface area contributed by atoms with Crippen molar-refractivity contribution >= 4 is 22.8 Å². The van der Waals surface area contributed by atoms with Crippen molar-refractivity contribution < 1.29 is 24.5 Å². The van der Waals surface area contributed by atoms with E-state index in [2.05, 4.69) is 4.98 Å². The van der Waals surface area contributed by atoms with E-state index in [0.717, 1.165) is 6.07 Å². The molecular weight excluding hydrogens is 250 g/mol. The SMILES string of the molecule is CCOC(=O)c1cc(C(=O)O)c2cc(O)ccc2n1. The highest BCUT2D eigenvalue weighted by molar-refractivity contribution is 6.05. The minimum atomic E-state index is -1.21. The van der Waals surface area contributed by atoms with Crippen LogP contribution >= 0.6 is 0 Å². The van der Waals surface area contributed by atoms with Gasteiger partial charge in [-0.25, -0.2) is 14.6 Å². The van der Waals surface area contributed by atoms with Gasteiger partial charge >= 0.3 is 11.9 Å². The number of nitrogens with zero attached hydrogens (tertiary/aromatic N) is 1. The van der Waals surface area contributed by atoms with Crippen LogP contribution in [0, 0.1) is 0 Å². The van der Waals surface area contributed by atoms with Gasteiger partial charge < -0.3 is 14.9 Å². The number of fused-ring (bicyclic) bond motifs is 1. The lowest BCUT2D eigenvalue weighted by atomic mass is 10.1. The Labute approximate surface area is 108 Å². The van der Waals surface area contributed by atoms with Crippen molar-refractivity contribution in [2.75, 3.05) is 6.61 Å². The second kappa shape index (κ2) is 4.93. The summed E-state index contributed by atoms with van der Waals surface area (Å²) >= 11 is 0. The largest absolute Gasteiger partial charge is 0.508 e. The van der Waals surface area contributed by atoms with Crippen LogP contribution in [0.5, 0.6) is 5.75 Å². The van der Waals surface area contributed by atoms with Crippen molar-refractivity contribution in [2.45, 2.75) is 6.92 Å². The van der Waals surface area contributed by atoms with E-state index >= 15 is 0 Å². The van der Waals surface area contributed by atoms with Crippen molar-refractivity contribution in [3.8, 4) is 5.75 Å². The Morgan fingerprint density at radius 3 is 2.68 bits per heavy atom. The average molecular weight is 261 g/mol. The highest BCUT2D eigenvalue weighted by Gasteiger charge is 2.17. The minimum Gasteiger partial charge on any atom is -0.508 e. The van der Waals surface area contributed by atoms with Crippen LogP contribution in [0.1, 0.15) is 27.8 Å². The number of benzene rings is 1. The molecule has 0 aliphatic heterocycles. The molecule has 0 unspecified atom stereocenters. The Hall–Kier alpha value is -2.63. The number of hydrogen-bond acceptors (Lipinski definition) is 5. The first-order chi connectivity index (χ1) is 9.02. The molecule has 98 valence electrons. The lowest BCUT2D eigenvalue weighted by Crippen LogP contribution is -2.10. The quantitative estimate of drug-likeness (QED) is 0.818. The van der Waals surface area contributed by atoms with Gasteiger partial charge in [-0.2, -0.15) is 0 Å². The lowest BCUT2D eigenvalue weighted by Gasteiger charge is -2.06. The van der Waals surface area contributed by atoms with E-state index < -0.39 is 11.9 Å². The molecule has 1 aromatic carbocycles. The summed E-state index contributed by atoms with van der Waals surface area (Å²) in [5.41, 5.74) is 0.127. The molecule has 2 N–H and O–H groups in total. The second-order valence-electron chi connectivity index (χ2n) is 3.78. The first-order valence-corrected chi connectivity index (χ1v) is 5.57. The molecule has 0 saturated heterocycles. The van der Waals surface area contributed by atoms with Crippen molar-refractivity contribution in [3.05, 3.63) is 35.5 Å².